The van der Waals surface area contributed by atoms with Crippen molar-refractivity contribution in [3.8, 4) is 5.75 Å². The average molecular weight is 362 g/mol. The number of carbonyl (C=O) groups is 1. The Balaban J connectivity index is 1.60. The minimum Gasteiger partial charge on any atom is -0.491 e. The van der Waals surface area contributed by atoms with Gasteiger partial charge < -0.3 is 19.8 Å². The van der Waals surface area contributed by atoms with E-state index in [1.54, 1.807) is 6.92 Å². The number of β-amino-alcohol motifs (C(OH)–C–C–N with tert-alkyl or cyclic N) is 1. The van der Waals surface area contributed by atoms with E-state index in [-0.39, 0.29) is 17.9 Å². The van der Waals surface area contributed by atoms with Crippen LogP contribution in [0.4, 0.5) is 0 Å². The number of likely N-dealkylation sites (tertiary alicyclic amines) is 2. The molecule has 0 aromatic heterocycles. The Bertz CT molecular complexity index is 614. The highest BCUT2D eigenvalue weighted by Crippen LogP contribution is 2.40. The number of amides is 1. The third-order valence-electron chi connectivity index (χ3n) is 5.70. The van der Waals surface area contributed by atoms with Gasteiger partial charge in [0.05, 0.1) is 12.7 Å². The minimum atomic E-state index is -0.410. The van der Waals surface area contributed by atoms with Crippen LogP contribution in [0.1, 0.15) is 31.7 Å². The number of benzene rings is 1. The maximum Gasteiger partial charge on any atom is 0.219 e. The van der Waals surface area contributed by atoms with Crippen molar-refractivity contribution < 1.29 is 19.7 Å². The molecule has 3 rings (SSSR count). The molecule has 2 aliphatic rings. The highest BCUT2D eigenvalue weighted by atomic mass is 16.5. The van der Waals surface area contributed by atoms with E-state index in [1.807, 2.05) is 23.1 Å². The number of hydrogen-bond donors (Lipinski definition) is 2. The van der Waals surface area contributed by atoms with Crippen molar-refractivity contribution in [2.75, 3.05) is 39.4 Å². The molecule has 1 aromatic carbocycles. The van der Waals surface area contributed by atoms with Crippen LogP contribution in [-0.4, -0.2) is 71.4 Å². The number of carbonyl (C=O) groups excluding carboxylic acids is 1. The molecule has 0 aliphatic carbocycles. The first kappa shape index (κ1) is 19.1. The molecular weight excluding hydrogens is 332 g/mol. The average Bonchev–Trinajstić information content (AvgIpc) is 2.62. The predicted octanol–water partition coefficient (Wildman–Crippen LogP) is 1.25. The van der Waals surface area contributed by atoms with Gasteiger partial charge in [0.1, 0.15) is 12.4 Å². The first-order valence-corrected chi connectivity index (χ1v) is 9.49. The Hall–Kier alpha value is -1.63. The number of aliphatic hydroxyl groups is 2. The number of rotatable bonds is 5. The molecule has 144 valence electrons. The van der Waals surface area contributed by atoms with Crippen molar-refractivity contribution in [3.63, 3.8) is 0 Å². The summed E-state index contributed by atoms with van der Waals surface area (Å²) in [6, 6.07) is 7.97. The van der Waals surface area contributed by atoms with Crippen LogP contribution in [0.5, 0.6) is 5.75 Å². The van der Waals surface area contributed by atoms with E-state index in [2.05, 4.69) is 11.0 Å². The van der Waals surface area contributed by atoms with Crippen molar-refractivity contribution in [2.24, 2.45) is 5.41 Å². The van der Waals surface area contributed by atoms with Crippen molar-refractivity contribution in [3.05, 3.63) is 29.8 Å². The molecule has 0 saturated carbocycles. The van der Waals surface area contributed by atoms with Gasteiger partial charge in [-0.3, -0.25) is 9.69 Å². The van der Waals surface area contributed by atoms with Gasteiger partial charge in [0.25, 0.3) is 0 Å². The molecule has 0 radical (unpaired) electrons. The first-order chi connectivity index (χ1) is 12.5. The van der Waals surface area contributed by atoms with E-state index in [0.29, 0.717) is 13.2 Å². The normalized spacial score (nSPS) is 23.2. The van der Waals surface area contributed by atoms with Gasteiger partial charge in [-0.25, -0.2) is 0 Å². The molecule has 26 heavy (non-hydrogen) atoms. The topological polar surface area (TPSA) is 73.2 Å². The zero-order chi connectivity index (χ0) is 18.6. The summed E-state index contributed by atoms with van der Waals surface area (Å²) in [4.78, 5) is 16.0. The molecule has 1 aromatic rings. The third-order valence-corrected chi connectivity index (χ3v) is 5.70. The largest absolute Gasteiger partial charge is 0.491 e. The summed E-state index contributed by atoms with van der Waals surface area (Å²) in [6.07, 6.45) is 2.37. The van der Waals surface area contributed by atoms with Crippen molar-refractivity contribution >= 4 is 5.91 Å². The monoisotopic (exact) mass is 362 g/mol. The van der Waals surface area contributed by atoms with E-state index in [9.17, 15) is 9.90 Å². The fourth-order valence-corrected chi connectivity index (χ4v) is 4.31. The molecule has 1 amide bonds. The summed E-state index contributed by atoms with van der Waals surface area (Å²) in [5.41, 5.74) is 1.18. The molecule has 1 spiro atoms. The van der Waals surface area contributed by atoms with Crippen LogP contribution in [0.15, 0.2) is 24.3 Å². The van der Waals surface area contributed by atoms with Gasteiger partial charge in [-0.05, 0) is 43.8 Å². The number of nitrogens with zero attached hydrogens (tertiary/aromatic N) is 2. The van der Waals surface area contributed by atoms with Gasteiger partial charge in [0, 0.05) is 32.1 Å². The Kier molecular flexibility index (Phi) is 6.16. The molecule has 6 nitrogen and oxygen atoms in total. The van der Waals surface area contributed by atoms with Gasteiger partial charge in [0.2, 0.25) is 5.91 Å². The summed E-state index contributed by atoms with van der Waals surface area (Å²) < 4.78 is 5.64. The van der Waals surface area contributed by atoms with Crippen LogP contribution in [0, 0.1) is 5.41 Å². The standard InChI is InChI=1S/C20H30N2O4/c1-16(24)22-14-18(25)12-20(15-22)6-8-21(9-7-20)13-17-4-2-3-5-19(17)26-11-10-23/h2-5,18,23,25H,6-15H2,1H3. The van der Waals surface area contributed by atoms with Crippen LogP contribution in [-0.2, 0) is 11.3 Å². The van der Waals surface area contributed by atoms with E-state index in [0.717, 1.165) is 56.8 Å². The van der Waals surface area contributed by atoms with Gasteiger partial charge in [0.15, 0.2) is 0 Å². The Morgan fingerprint density at radius 2 is 2.04 bits per heavy atom. The molecule has 2 N–H and O–H groups in total. The summed E-state index contributed by atoms with van der Waals surface area (Å²) in [5.74, 6) is 0.887. The fraction of sp³-hybridized carbons (Fsp3) is 0.650. The van der Waals surface area contributed by atoms with Crippen LogP contribution in [0.3, 0.4) is 0 Å². The van der Waals surface area contributed by atoms with E-state index in [1.165, 1.54) is 0 Å². The maximum absolute atomic E-state index is 11.8. The summed E-state index contributed by atoms with van der Waals surface area (Å²) in [6.45, 7) is 5.86. The minimum absolute atomic E-state index is 0.00947. The highest BCUT2D eigenvalue weighted by molar-refractivity contribution is 5.73. The first-order valence-electron chi connectivity index (χ1n) is 9.49. The lowest BCUT2D eigenvalue weighted by Gasteiger charge is -2.49. The van der Waals surface area contributed by atoms with Gasteiger partial charge in [-0.1, -0.05) is 18.2 Å². The molecule has 1 unspecified atom stereocenters. The molecule has 0 bridgehead atoms. The van der Waals surface area contributed by atoms with Crippen LogP contribution < -0.4 is 4.74 Å². The van der Waals surface area contributed by atoms with Gasteiger partial charge in [-0.15, -0.1) is 0 Å². The molecule has 2 aliphatic heterocycles. The molecule has 2 heterocycles. The number of aliphatic hydroxyl groups excluding tert-OH is 2. The van der Waals surface area contributed by atoms with E-state index < -0.39 is 6.10 Å². The summed E-state index contributed by atoms with van der Waals surface area (Å²) in [5, 5.41) is 19.2. The molecular formula is C20H30N2O4. The van der Waals surface area contributed by atoms with Crippen molar-refractivity contribution in [2.45, 2.75) is 38.8 Å². The van der Waals surface area contributed by atoms with Crippen LogP contribution in [0.2, 0.25) is 0 Å². The lowest BCUT2D eigenvalue weighted by atomic mass is 9.71. The second kappa shape index (κ2) is 8.37. The van der Waals surface area contributed by atoms with Crippen LogP contribution >= 0.6 is 0 Å². The van der Waals surface area contributed by atoms with Crippen molar-refractivity contribution in [1.82, 2.24) is 9.80 Å². The zero-order valence-corrected chi connectivity index (χ0v) is 15.6. The highest BCUT2D eigenvalue weighted by Gasteiger charge is 2.42. The zero-order valence-electron chi connectivity index (χ0n) is 15.6. The van der Waals surface area contributed by atoms with E-state index >= 15 is 0 Å². The number of hydrogen-bond acceptors (Lipinski definition) is 5. The SMILES string of the molecule is CC(=O)N1CC(O)CC2(CCN(Cc3ccccc3OCCO)CC2)C1. The molecule has 2 fully saturated rings. The smallest absolute Gasteiger partial charge is 0.219 e. The summed E-state index contributed by atoms with van der Waals surface area (Å²) >= 11 is 0. The predicted molar refractivity (Wildman–Crippen MR) is 98.8 cm³/mol. The van der Waals surface area contributed by atoms with Gasteiger partial charge in [-0.2, -0.15) is 0 Å². The Morgan fingerprint density at radius 3 is 2.73 bits per heavy atom. The maximum atomic E-state index is 11.8. The number of ether oxygens (including phenoxy) is 1. The second-order valence-electron chi connectivity index (χ2n) is 7.71. The summed E-state index contributed by atoms with van der Waals surface area (Å²) in [7, 11) is 0. The van der Waals surface area contributed by atoms with E-state index in [4.69, 9.17) is 9.84 Å². The van der Waals surface area contributed by atoms with Gasteiger partial charge >= 0.3 is 0 Å². The molecule has 6 heteroatoms. The van der Waals surface area contributed by atoms with Crippen LogP contribution in [0.25, 0.3) is 0 Å². The third kappa shape index (κ3) is 4.55. The molecule has 1 atom stereocenters. The number of para-hydroxylation sites is 1. The van der Waals surface area contributed by atoms with Crippen molar-refractivity contribution in [1.29, 1.82) is 0 Å². The number of piperidine rings is 2. The lowest BCUT2D eigenvalue weighted by molar-refractivity contribution is -0.138. The Morgan fingerprint density at radius 1 is 1.31 bits per heavy atom. The Labute approximate surface area is 155 Å². The lowest BCUT2D eigenvalue weighted by Crippen LogP contribution is -2.54. The second-order valence-corrected chi connectivity index (χ2v) is 7.71. The molecule has 2 saturated heterocycles. The fourth-order valence-electron chi connectivity index (χ4n) is 4.31. The quantitative estimate of drug-likeness (QED) is 0.825.